The van der Waals surface area contributed by atoms with Crippen molar-refractivity contribution in [3.05, 3.63) is 0 Å². The first-order valence-corrected chi connectivity index (χ1v) is 7.15. The minimum absolute atomic E-state index is 0.0559. The lowest BCUT2D eigenvalue weighted by atomic mass is 10.1. The van der Waals surface area contributed by atoms with Crippen LogP contribution in [0.5, 0.6) is 0 Å². The van der Waals surface area contributed by atoms with Crippen LogP contribution in [0.25, 0.3) is 0 Å². The average molecular weight is 259 g/mol. The van der Waals surface area contributed by atoms with Crippen molar-refractivity contribution in [1.29, 1.82) is 0 Å². The number of unbranched alkanes of at least 4 members (excludes halogenated alkanes) is 5. The molecule has 4 nitrogen and oxygen atoms in total. The summed E-state index contributed by atoms with van der Waals surface area (Å²) in [6.07, 6.45) is 8.83. The van der Waals surface area contributed by atoms with Crippen molar-refractivity contribution in [3.63, 3.8) is 0 Å². The van der Waals surface area contributed by atoms with Crippen LogP contribution in [0, 0.1) is 0 Å². The summed E-state index contributed by atoms with van der Waals surface area (Å²) in [5.41, 5.74) is 1.05. The fourth-order valence-corrected chi connectivity index (χ4v) is 1.63. The molecule has 0 unspecified atom stereocenters. The molecule has 0 heterocycles. The minimum atomic E-state index is 0.0559. The lowest BCUT2D eigenvalue weighted by Gasteiger charge is -2.03. The van der Waals surface area contributed by atoms with Crippen molar-refractivity contribution in [2.45, 2.75) is 58.8 Å². The number of oxime groups is 1. The van der Waals surface area contributed by atoms with Gasteiger partial charge in [0, 0.05) is 0 Å². The number of hydrogen-bond acceptors (Lipinski definition) is 4. The van der Waals surface area contributed by atoms with E-state index in [1.54, 1.807) is 0 Å². The zero-order valence-electron chi connectivity index (χ0n) is 12.0. The van der Waals surface area contributed by atoms with Crippen LogP contribution in [0.2, 0.25) is 0 Å². The number of rotatable bonds is 13. The second-order valence-electron chi connectivity index (χ2n) is 4.51. The maximum absolute atomic E-state index is 8.49. The Morgan fingerprint density at radius 2 is 1.72 bits per heavy atom. The topological polar surface area (TPSA) is 51.0 Å². The van der Waals surface area contributed by atoms with Gasteiger partial charge in [-0.3, -0.25) is 0 Å². The molecular weight excluding hydrogens is 230 g/mol. The van der Waals surface area contributed by atoms with E-state index in [0.29, 0.717) is 19.8 Å². The molecule has 0 aromatic carbocycles. The third-order valence-electron chi connectivity index (χ3n) is 2.67. The smallest absolute Gasteiger partial charge is 0.140 e. The van der Waals surface area contributed by atoms with Crippen LogP contribution in [-0.4, -0.2) is 37.2 Å². The number of aliphatic hydroxyl groups excluding tert-OH is 1. The molecule has 0 aliphatic heterocycles. The van der Waals surface area contributed by atoms with E-state index in [1.165, 1.54) is 38.5 Å². The SMILES string of the molecule is CCCCCCCCC(C)=NOCCOCCO. The van der Waals surface area contributed by atoms with Crippen molar-refractivity contribution in [1.82, 2.24) is 0 Å². The zero-order valence-corrected chi connectivity index (χ0v) is 12.0. The first kappa shape index (κ1) is 17.4. The summed E-state index contributed by atoms with van der Waals surface area (Å²) in [4.78, 5) is 5.12. The molecule has 0 saturated carbocycles. The zero-order chi connectivity index (χ0) is 13.5. The van der Waals surface area contributed by atoms with Gasteiger partial charge in [0.1, 0.15) is 6.61 Å². The molecule has 0 spiro atoms. The number of aliphatic hydroxyl groups is 1. The molecular formula is C14H29NO3. The summed E-state index contributed by atoms with van der Waals surface area (Å²) in [5, 5.41) is 12.5. The summed E-state index contributed by atoms with van der Waals surface area (Å²) in [7, 11) is 0. The van der Waals surface area contributed by atoms with Gasteiger partial charge in [0.15, 0.2) is 0 Å². The van der Waals surface area contributed by atoms with Gasteiger partial charge in [-0.05, 0) is 19.8 Å². The molecule has 18 heavy (non-hydrogen) atoms. The molecule has 0 bridgehead atoms. The predicted molar refractivity (Wildman–Crippen MR) is 75.0 cm³/mol. The van der Waals surface area contributed by atoms with E-state index in [0.717, 1.165) is 12.1 Å². The van der Waals surface area contributed by atoms with Crippen LogP contribution in [0.3, 0.4) is 0 Å². The molecule has 4 heteroatoms. The molecule has 0 radical (unpaired) electrons. The van der Waals surface area contributed by atoms with Crippen molar-refractivity contribution in [2.75, 3.05) is 26.4 Å². The number of nitrogens with zero attached hydrogens (tertiary/aromatic N) is 1. The van der Waals surface area contributed by atoms with Crippen LogP contribution in [0.1, 0.15) is 58.8 Å². The molecule has 0 aliphatic carbocycles. The maximum Gasteiger partial charge on any atom is 0.140 e. The second-order valence-corrected chi connectivity index (χ2v) is 4.51. The fraction of sp³-hybridized carbons (Fsp3) is 0.929. The van der Waals surface area contributed by atoms with Crippen molar-refractivity contribution >= 4 is 5.71 Å². The highest BCUT2D eigenvalue weighted by Crippen LogP contribution is 2.07. The van der Waals surface area contributed by atoms with Crippen LogP contribution in [0.4, 0.5) is 0 Å². The Labute approximate surface area is 111 Å². The Hall–Kier alpha value is -0.610. The van der Waals surface area contributed by atoms with Gasteiger partial charge in [0.05, 0.1) is 25.5 Å². The second kappa shape index (κ2) is 14.5. The lowest BCUT2D eigenvalue weighted by Crippen LogP contribution is -2.06. The largest absolute Gasteiger partial charge is 0.394 e. The molecule has 0 amide bonds. The Kier molecular flexibility index (Phi) is 14.0. The molecule has 108 valence electrons. The van der Waals surface area contributed by atoms with Gasteiger partial charge < -0.3 is 14.7 Å². The standard InChI is InChI=1S/C14H29NO3/c1-3-4-5-6-7-8-9-14(2)15-18-13-12-17-11-10-16/h16H,3-13H2,1-2H3. The summed E-state index contributed by atoms with van der Waals surface area (Å²) < 4.78 is 5.06. The van der Waals surface area contributed by atoms with Gasteiger partial charge in [0.2, 0.25) is 0 Å². The van der Waals surface area contributed by atoms with E-state index >= 15 is 0 Å². The maximum atomic E-state index is 8.49. The Bertz CT molecular complexity index is 195. The summed E-state index contributed by atoms with van der Waals surface area (Å²) in [5.74, 6) is 0. The molecule has 0 aromatic heterocycles. The summed E-state index contributed by atoms with van der Waals surface area (Å²) in [6.45, 7) is 5.59. The minimum Gasteiger partial charge on any atom is -0.394 e. The molecule has 0 aliphatic rings. The monoisotopic (exact) mass is 259 g/mol. The van der Waals surface area contributed by atoms with E-state index in [-0.39, 0.29) is 6.61 Å². The van der Waals surface area contributed by atoms with Gasteiger partial charge in [-0.2, -0.15) is 0 Å². The molecule has 0 atom stereocenters. The Balaban J connectivity index is 3.26. The third-order valence-corrected chi connectivity index (χ3v) is 2.67. The Morgan fingerprint density at radius 3 is 2.44 bits per heavy atom. The molecule has 0 rings (SSSR count). The summed E-state index contributed by atoms with van der Waals surface area (Å²) >= 11 is 0. The van der Waals surface area contributed by atoms with Crippen LogP contribution in [-0.2, 0) is 9.57 Å². The third kappa shape index (κ3) is 13.5. The van der Waals surface area contributed by atoms with Crippen molar-refractivity contribution in [2.24, 2.45) is 5.16 Å². The average Bonchev–Trinajstić information content (AvgIpc) is 2.38. The first-order valence-electron chi connectivity index (χ1n) is 7.15. The Morgan fingerprint density at radius 1 is 1.00 bits per heavy atom. The number of ether oxygens (including phenoxy) is 1. The van der Waals surface area contributed by atoms with E-state index in [9.17, 15) is 0 Å². The first-order chi connectivity index (χ1) is 8.81. The quantitative estimate of drug-likeness (QED) is 0.314. The highest BCUT2D eigenvalue weighted by molar-refractivity contribution is 5.81. The van der Waals surface area contributed by atoms with Gasteiger partial charge in [-0.25, -0.2) is 0 Å². The van der Waals surface area contributed by atoms with Gasteiger partial charge in [-0.15, -0.1) is 0 Å². The van der Waals surface area contributed by atoms with Crippen LogP contribution in [0.15, 0.2) is 5.16 Å². The van der Waals surface area contributed by atoms with Crippen LogP contribution >= 0.6 is 0 Å². The van der Waals surface area contributed by atoms with E-state index in [4.69, 9.17) is 14.7 Å². The highest BCUT2D eigenvalue weighted by Gasteiger charge is 1.95. The summed E-state index contributed by atoms with van der Waals surface area (Å²) in [6, 6.07) is 0. The van der Waals surface area contributed by atoms with E-state index < -0.39 is 0 Å². The van der Waals surface area contributed by atoms with Gasteiger partial charge >= 0.3 is 0 Å². The van der Waals surface area contributed by atoms with Gasteiger partial charge in [-0.1, -0.05) is 44.2 Å². The molecule has 0 saturated heterocycles. The van der Waals surface area contributed by atoms with Crippen molar-refractivity contribution < 1.29 is 14.7 Å². The predicted octanol–water partition coefficient (Wildman–Crippen LogP) is 3.14. The van der Waals surface area contributed by atoms with E-state index in [1.807, 2.05) is 6.92 Å². The normalized spacial score (nSPS) is 11.8. The van der Waals surface area contributed by atoms with E-state index in [2.05, 4.69) is 12.1 Å². The van der Waals surface area contributed by atoms with Gasteiger partial charge in [0.25, 0.3) is 0 Å². The lowest BCUT2D eigenvalue weighted by molar-refractivity contribution is 0.0350. The fourth-order valence-electron chi connectivity index (χ4n) is 1.63. The molecule has 0 aromatic rings. The molecule has 0 fully saturated rings. The molecule has 1 N–H and O–H groups in total. The van der Waals surface area contributed by atoms with Crippen LogP contribution < -0.4 is 0 Å². The van der Waals surface area contributed by atoms with Crippen molar-refractivity contribution in [3.8, 4) is 0 Å². The number of hydrogen-bond donors (Lipinski definition) is 1. The highest BCUT2D eigenvalue weighted by atomic mass is 16.6.